The fourth-order valence-corrected chi connectivity index (χ4v) is 1.78. The molecule has 0 atom stereocenters. The Morgan fingerprint density at radius 1 is 1.42 bits per heavy atom. The van der Waals surface area contributed by atoms with Crippen molar-refractivity contribution >= 4 is 5.97 Å². The summed E-state index contributed by atoms with van der Waals surface area (Å²) in [5.74, 6) is -1.67. The van der Waals surface area contributed by atoms with E-state index in [0.29, 0.717) is 11.5 Å². The van der Waals surface area contributed by atoms with Gasteiger partial charge in [0.15, 0.2) is 0 Å². The highest BCUT2D eigenvalue weighted by Gasteiger charge is 2.12. The van der Waals surface area contributed by atoms with Gasteiger partial charge in [-0.2, -0.15) is 0 Å². The summed E-state index contributed by atoms with van der Waals surface area (Å²) >= 11 is 0. The number of benzene rings is 1. The molecule has 1 heterocycles. The lowest BCUT2D eigenvalue weighted by molar-refractivity contribution is -0.137. The molecule has 6 heteroatoms. The van der Waals surface area contributed by atoms with Crippen LogP contribution in [-0.2, 0) is 11.3 Å². The lowest BCUT2D eigenvalue weighted by Gasteiger charge is -2.01. The van der Waals surface area contributed by atoms with Crippen LogP contribution in [-0.4, -0.2) is 20.6 Å². The van der Waals surface area contributed by atoms with Gasteiger partial charge in [0.25, 0.3) is 0 Å². The van der Waals surface area contributed by atoms with Gasteiger partial charge in [0, 0.05) is 24.4 Å². The van der Waals surface area contributed by atoms with E-state index < -0.39 is 17.6 Å². The van der Waals surface area contributed by atoms with E-state index in [0.717, 1.165) is 12.1 Å². The smallest absolute Gasteiger partial charge is 0.305 e. The Hall–Kier alpha value is -2.24. The normalized spacial score (nSPS) is 10.7. The molecule has 0 aliphatic rings. The van der Waals surface area contributed by atoms with Crippen molar-refractivity contribution in [1.29, 1.82) is 0 Å². The van der Waals surface area contributed by atoms with Crippen molar-refractivity contribution in [2.75, 3.05) is 0 Å². The Kier molecular flexibility index (Phi) is 3.59. The van der Waals surface area contributed by atoms with Crippen LogP contribution in [0.5, 0.6) is 0 Å². The largest absolute Gasteiger partial charge is 0.481 e. The zero-order valence-corrected chi connectivity index (χ0v) is 10.2. The molecule has 0 saturated carbocycles. The number of halogens is 2. The number of aromatic nitrogens is 2. The third kappa shape index (κ3) is 2.96. The molecule has 0 fully saturated rings. The molecule has 0 saturated heterocycles. The molecule has 100 valence electrons. The van der Waals surface area contributed by atoms with Gasteiger partial charge in [-0.15, -0.1) is 0 Å². The Morgan fingerprint density at radius 3 is 2.79 bits per heavy atom. The average molecular weight is 266 g/mol. The van der Waals surface area contributed by atoms with Gasteiger partial charge in [0.05, 0.1) is 12.1 Å². The molecular weight excluding hydrogens is 254 g/mol. The van der Waals surface area contributed by atoms with Crippen LogP contribution in [0, 0.1) is 18.6 Å². The summed E-state index contributed by atoms with van der Waals surface area (Å²) in [5, 5.41) is 8.63. The van der Waals surface area contributed by atoms with Crippen molar-refractivity contribution in [2.45, 2.75) is 19.9 Å². The third-order valence-electron chi connectivity index (χ3n) is 2.75. The Labute approximate surface area is 108 Å². The highest BCUT2D eigenvalue weighted by molar-refractivity contribution is 5.66. The minimum absolute atomic E-state index is 0.0391. The predicted molar refractivity (Wildman–Crippen MR) is 64.6 cm³/mol. The maximum Gasteiger partial charge on any atom is 0.305 e. The summed E-state index contributed by atoms with van der Waals surface area (Å²) < 4.78 is 28.1. The molecule has 0 amide bonds. The van der Waals surface area contributed by atoms with Gasteiger partial charge >= 0.3 is 5.97 Å². The maximum atomic E-state index is 13.6. The summed E-state index contributed by atoms with van der Waals surface area (Å²) in [5.41, 5.74) is 0.555. The number of carboxylic acid groups (broad SMARTS) is 1. The highest BCUT2D eigenvalue weighted by Crippen LogP contribution is 2.22. The molecule has 0 aliphatic carbocycles. The third-order valence-corrected chi connectivity index (χ3v) is 2.75. The molecular formula is C13H12F2N2O2. The van der Waals surface area contributed by atoms with Crippen molar-refractivity contribution in [2.24, 2.45) is 0 Å². The van der Waals surface area contributed by atoms with Crippen LogP contribution in [0.3, 0.4) is 0 Å². The fourth-order valence-electron chi connectivity index (χ4n) is 1.78. The fraction of sp³-hybridized carbons (Fsp3) is 0.231. The first kappa shape index (κ1) is 13.2. The lowest BCUT2D eigenvalue weighted by atomic mass is 10.1. The van der Waals surface area contributed by atoms with Crippen LogP contribution in [0.1, 0.15) is 12.2 Å². The number of hydrogen-bond acceptors (Lipinski definition) is 2. The first-order valence-corrected chi connectivity index (χ1v) is 5.68. The van der Waals surface area contributed by atoms with Crippen LogP contribution >= 0.6 is 0 Å². The van der Waals surface area contributed by atoms with E-state index >= 15 is 0 Å². The Morgan fingerprint density at radius 2 is 2.16 bits per heavy atom. The lowest BCUT2D eigenvalue weighted by Crippen LogP contribution is -2.04. The SMILES string of the molecule is Cc1nc(-c2ccc(F)cc2F)cn1CCC(=O)O. The van der Waals surface area contributed by atoms with E-state index in [9.17, 15) is 13.6 Å². The molecule has 1 N–H and O–H groups in total. The number of nitrogens with zero attached hydrogens (tertiary/aromatic N) is 2. The molecule has 1 aromatic carbocycles. The topological polar surface area (TPSA) is 55.1 Å². The van der Waals surface area contributed by atoms with Gasteiger partial charge in [0.1, 0.15) is 17.5 Å². The quantitative estimate of drug-likeness (QED) is 0.925. The number of carboxylic acids is 1. The highest BCUT2D eigenvalue weighted by atomic mass is 19.1. The summed E-state index contributed by atoms with van der Waals surface area (Å²) in [4.78, 5) is 14.7. The minimum Gasteiger partial charge on any atom is -0.481 e. The average Bonchev–Trinajstić information content (AvgIpc) is 2.67. The summed E-state index contributed by atoms with van der Waals surface area (Å²) in [7, 11) is 0. The van der Waals surface area contributed by atoms with Crippen LogP contribution in [0.4, 0.5) is 8.78 Å². The van der Waals surface area contributed by atoms with Crippen molar-refractivity contribution in [3.8, 4) is 11.3 Å². The molecule has 4 nitrogen and oxygen atoms in total. The van der Waals surface area contributed by atoms with Gasteiger partial charge in [-0.25, -0.2) is 13.8 Å². The molecule has 2 aromatic rings. The molecule has 0 aliphatic heterocycles. The number of imidazole rings is 1. The Balaban J connectivity index is 2.31. The minimum atomic E-state index is -0.914. The van der Waals surface area contributed by atoms with Crippen molar-refractivity contribution < 1.29 is 18.7 Å². The van der Waals surface area contributed by atoms with Crippen molar-refractivity contribution in [1.82, 2.24) is 9.55 Å². The molecule has 0 spiro atoms. The molecule has 0 radical (unpaired) electrons. The standard InChI is InChI=1S/C13H12F2N2O2/c1-8-16-12(7-17(8)5-4-13(18)19)10-3-2-9(14)6-11(10)15/h2-3,6-7H,4-5H2,1H3,(H,18,19). The zero-order valence-electron chi connectivity index (χ0n) is 10.2. The van der Waals surface area contributed by atoms with E-state index in [1.807, 2.05) is 0 Å². The second-order valence-corrected chi connectivity index (χ2v) is 4.13. The van der Waals surface area contributed by atoms with Gasteiger partial charge in [0.2, 0.25) is 0 Å². The Bertz CT molecular complexity index is 623. The van der Waals surface area contributed by atoms with Crippen LogP contribution in [0.2, 0.25) is 0 Å². The number of hydrogen-bond donors (Lipinski definition) is 1. The second-order valence-electron chi connectivity index (χ2n) is 4.13. The maximum absolute atomic E-state index is 13.6. The molecule has 19 heavy (non-hydrogen) atoms. The summed E-state index contributed by atoms with van der Waals surface area (Å²) in [6, 6.07) is 3.26. The van der Waals surface area contributed by atoms with Gasteiger partial charge in [-0.05, 0) is 19.1 Å². The molecule has 0 bridgehead atoms. The zero-order chi connectivity index (χ0) is 14.0. The summed E-state index contributed by atoms with van der Waals surface area (Å²) in [6.07, 6.45) is 1.52. The van der Waals surface area contributed by atoms with Crippen molar-refractivity contribution in [3.05, 3.63) is 41.9 Å². The predicted octanol–water partition coefficient (Wildman–Crippen LogP) is 2.61. The van der Waals surface area contributed by atoms with Gasteiger partial charge < -0.3 is 9.67 Å². The van der Waals surface area contributed by atoms with E-state index in [1.54, 1.807) is 17.7 Å². The van der Waals surface area contributed by atoms with E-state index in [-0.39, 0.29) is 18.5 Å². The van der Waals surface area contributed by atoms with Gasteiger partial charge in [-0.1, -0.05) is 0 Å². The number of carbonyl (C=O) groups is 1. The van der Waals surface area contributed by atoms with E-state index in [4.69, 9.17) is 5.11 Å². The first-order chi connectivity index (χ1) is 8.97. The molecule has 2 rings (SSSR count). The van der Waals surface area contributed by atoms with Crippen LogP contribution in [0.25, 0.3) is 11.3 Å². The summed E-state index contributed by atoms with van der Waals surface area (Å²) in [6.45, 7) is 1.96. The monoisotopic (exact) mass is 266 g/mol. The first-order valence-electron chi connectivity index (χ1n) is 5.68. The van der Waals surface area contributed by atoms with Gasteiger partial charge in [-0.3, -0.25) is 4.79 Å². The van der Waals surface area contributed by atoms with Crippen LogP contribution in [0.15, 0.2) is 24.4 Å². The van der Waals surface area contributed by atoms with Crippen LogP contribution < -0.4 is 0 Å². The molecule has 0 unspecified atom stereocenters. The number of aliphatic carboxylic acids is 1. The van der Waals surface area contributed by atoms with E-state index in [1.165, 1.54) is 6.07 Å². The number of aryl methyl sites for hydroxylation is 2. The van der Waals surface area contributed by atoms with Crippen molar-refractivity contribution in [3.63, 3.8) is 0 Å². The number of rotatable bonds is 4. The van der Waals surface area contributed by atoms with E-state index in [2.05, 4.69) is 4.98 Å². The second kappa shape index (κ2) is 5.17. The molecule has 1 aromatic heterocycles.